The van der Waals surface area contributed by atoms with Crippen LogP contribution in [0.1, 0.15) is 24.2 Å². The molecule has 6 nitrogen and oxygen atoms in total. The molecule has 1 aliphatic carbocycles. The summed E-state index contributed by atoms with van der Waals surface area (Å²) in [5, 5.41) is 13.8. The van der Waals surface area contributed by atoms with E-state index in [9.17, 15) is 13.2 Å². The third-order valence-electron chi connectivity index (χ3n) is 3.75. The minimum absolute atomic E-state index is 0.0974. The van der Waals surface area contributed by atoms with Gasteiger partial charge < -0.3 is 10.6 Å². The van der Waals surface area contributed by atoms with E-state index in [0.29, 0.717) is 17.7 Å². The van der Waals surface area contributed by atoms with Crippen LogP contribution in [-0.2, 0) is 12.7 Å². The summed E-state index contributed by atoms with van der Waals surface area (Å²) in [6, 6.07) is 0.846. The number of aromatic nitrogens is 3. The lowest BCUT2D eigenvalue weighted by molar-refractivity contribution is -0.137. The van der Waals surface area contributed by atoms with Crippen molar-refractivity contribution < 1.29 is 13.2 Å². The van der Waals surface area contributed by atoms with Gasteiger partial charge in [0.15, 0.2) is 17.4 Å². The van der Waals surface area contributed by atoms with E-state index in [1.807, 2.05) is 0 Å². The molecule has 2 heterocycles. The highest BCUT2D eigenvalue weighted by molar-refractivity contribution is 6.33. The Hall–Kier alpha value is -2.03. The van der Waals surface area contributed by atoms with Crippen molar-refractivity contribution in [3.63, 3.8) is 0 Å². The molecular formula is C14H16ClF3N6. The lowest BCUT2D eigenvalue weighted by Gasteiger charge is -2.11. The molecule has 1 fully saturated rings. The second kappa shape index (κ2) is 6.46. The van der Waals surface area contributed by atoms with Crippen molar-refractivity contribution in [3.8, 4) is 0 Å². The monoisotopic (exact) mass is 360 g/mol. The van der Waals surface area contributed by atoms with E-state index in [2.05, 4.69) is 25.8 Å². The van der Waals surface area contributed by atoms with E-state index in [1.165, 1.54) is 17.2 Å². The third kappa shape index (κ3) is 3.72. The van der Waals surface area contributed by atoms with Crippen LogP contribution in [0.5, 0.6) is 0 Å². The van der Waals surface area contributed by atoms with Gasteiger partial charge in [-0.15, -0.1) is 10.2 Å². The summed E-state index contributed by atoms with van der Waals surface area (Å²) in [7, 11) is 1.63. The summed E-state index contributed by atoms with van der Waals surface area (Å²) in [5.74, 6) is 1.55. The molecule has 0 aliphatic heterocycles. The molecule has 0 spiro atoms. The Bertz CT molecular complexity index is 766. The first-order valence-corrected chi connectivity index (χ1v) is 7.81. The number of hydrogen-bond donors (Lipinski definition) is 2. The molecule has 0 amide bonds. The number of alkyl halides is 3. The fourth-order valence-electron chi connectivity index (χ4n) is 2.22. The first kappa shape index (κ1) is 16.8. The molecule has 2 N–H and O–H groups in total. The van der Waals surface area contributed by atoms with E-state index in [4.69, 9.17) is 11.6 Å². The van der Waals surface area contributed by atoms with E-state index in [0.717, 1.165) is 18.8 Å². The Morgan fingerprint density at radius 3 is 2.75 bits per heavy atom. The highest BCUT2D eigenvalue weighted by Gasteiger charge is 2.32. The maximum Gasteiger partial charge on any atom is 0.417 e. The smallest absolute Gasteiger partial charge is 0.356 e. The van der Waals surface area contributed by atoms with Crippen molar-refractivity contribution >= 4 is 23.2 Å². The topological polar surface area (TPSA) is 66.6 Å². The Morgan fingerprint density at radius 1 is 1.38 bits per heavy atom. The molecule has 130 valence electrons. The third-order valence-corrected chi connectivity index (χ3v) is 4.03. The largest absolute Gasteiger partial charge is 0.417 e. The van der Waals surface area contributed by atoms with Gasteiger partial charge in [0, 0.05) is 19.8 Å². The SMILES string of the molecule is CN=C(NCc1nnc2c(Cl)cc(C(F)(F)F)cn12)NCC1CC1. The second-order valence-corrected chi connectivity index (χ2v) is 6.04. The van der Waals surface area contributed by atoms with Crippen molar-refractivity contribution in [1.29, 1.82) is 0 Å². The molecule has 1 aliphatic rings. The van der Waals surface area contributed by atoms with Gasteiger partial charge in [-0.25, -0.2) is 0 Å². The highest BCUT2D eigenvalue weighted by Crippen LogP contribution is 2.32. The Kier molecular flexibility index (Phi) is 4.53. The van der Waals surface area contributed by atoms with Crippen LogP contribution in [0.4, 0.5) is 13.2 Å². The van der Waals surface area contributed by atoms with E-state index >= 15 is 0 Å². The molecule has 0 atom stereocenters. The van der Waals surface area contributed by atoms with Crippen molar-refractivity contribution in [2.24, 2.45) is 10.9 Å². The number of pyridine rings is 1. The lowest BCUT2D eigenvalue weighted by atomic mass is 10.3. The van der Waals surface area contributed by atoms with Gasteiger partial charge in [-0.2, -0.15) is 13.2 Å². The van der Waals surface area contributed by atoms with Crippen LogP contribution < -0.4 is 10.6 Å². The molecule has 3 rings (SSSR count). The van der Waals surface area contributed by atoms with Gasteiger partial charge in [0.1, 0.15) is 0 Å². The van der Waals surface area contributed by atoms with Crippen LogP contribution in [-0.4, -0.2) is 34.2 Å². The van der Waals surface area contributed by atoms with Crippen molar-refractivity contribution in [3.05, 3.63) is 28.7 Å². The van der Waals surface area contributed by atoms with Crippen molar-refractivity contribution in [2.45, 2.75) is 25.6 Å². The molecular weight excluding hydrogens is 345 g/mol. The number of guanidine groups is 1. The Labute approximate surface area is 141 Å². The van der Waals surface area contributed by atoms with Crippen molar-refractivity contribution in [1.82, 2.24) is 25.2 Å². The molecule has 0 aromatic carbocycles. The fraction of sp³-hybridized carbons (Fsp3) is 0.500. The summed E-state index contributed by atoms with van der Waals surface area (Å²) < 4.78 is 40.0. The molecule has 0 radical (unpaired) electrons. The van der Waals surface area contributed by atoms with Crippen LogP contribution in [0.15, 0.2) is 17.3 Å². The summed E-state index contributed by atoms with van der Waals surface area (Å²) in [6.07, 6.45) is -1.14. The van der Waals surface area contributed by atoms with Crippen LogP contribution in [0.3, 0.4) is 0 Å². The number of nitrogens with zero attached hydrogens (tertiary/aromatic N) is 4. The summed E-state index contributed by atoms with van der Waals surface area (Å²) >= 11 is 5.88. The molecule has 10 heteroatoms. The number of hydrogen-bond acceptors (Lipinski definition) is 3. The summed E-state index contributed by atoms with van der Waals surface area (Å²) in [4.78, 5) is 4.07. The zero-order valence-electron chi connectivity index (χ0n) is 12.9. The van der Waals surface area contributed by atoms with E-state index in [1.54, 1.807) is 7.05 Å². The van der Waals surface area contributed by atoms with Crippen LogP contribution in [0.2, 0.25) is 5.02 Å². The predicted molar refractivity (Wildman–Crippen MR) is 83.9 cm³/mol. The number of halogens is 4. The fourth-order valence-corrected chi connectivity index (χ4v) is 2.47. The first-order valence-electron chi connectivity index (χ1n) is 7.43. The molecule has 2 aromatic heterocycles. The summed E-state index contributed by atoms with van der Waals surface area (Å²) in [5.41, 5.74) is -0.667. The first-order chi connectivity index (χ1) is 11.4. The normalized spacial score (nSPS) is 15.8. The number of aliphatic imine (C=N–C) groups is 1. The van der Waals surface area contributed by atoms with Gasteiger partial charge in [0.05, 0.1) is 17.1 Å². The van der Waals surface area contributed by atoms with Gasteiger partial charge in [0.25, 0.3) is 0 Å². The lowest BCUT2D eigenvalue weighted by Crippen LogP contribution is -2.38. The Balaban J connectivity index is 1.77. The van der Waals surface area contributed by atoms with Crippen LogP contribution in [0, 0.1) is 5.92 Å². The van der Waals surface area contributed by atoms with Crippen LogP contribution in [0.25, 0.3) is 5.65 Å². The van der Waals surface area contributed by atoms with Gasteiger partial charge in [0.2, 0.25) is 0 Å². The van der Waals surface area contributed by atoms with Gasteiger partial charge in [-0.1, -0.05) is 11.6 Å². The molecule has 24 heavy (non-hydrogen) atoms. The average Bonchev–Trinajstić information content (AvgIpc) is 3.26. The molecule has 0 bridgehead atoms. The molecule has 0 unspecified atom stereocenters. The van der Waals surface area contributed by atoms with Crippen molar-refractivity contribution in [2.75, 3.05) is 13.6 Å². The Morgan fingerprint density at radius 2 is 2.12 bits per heavy atom. The molecule has 1 saturated carbocycles. The second-order valence-electron chi connectivity index (χ2n) is 5.63. The number of fused-ring (bicyclic) bond motifs is 1. The maximum atomic E-state index is 12.9. The van der Waals surface area contributed by atoms with E-state index < -0.39 is 11.7 Å². The zero-order valence-corrected chi connectivity index (χ0v) is 13.6. The zero-order chi connectivity index (χ0) is 17.3. The number of rotatable bonds is 4. The predicted octanol–water partition coefficient (Wildman–Crippen LogP) is 2.48. The quantitative estimate of drug-likeness (QED) is 0.649. The van der Waals surface area contributed by atoms with E-state index in [-0.39, 0.29) is 17.2 Å². The van der Waals surface area contributed by atoms with Gasteiger partial charge in [-0.3, -0.25) is 9.39 Å². The maximum absolute atomic E-state index is 12.9. The average molecular weight is 361 g/mol. The minimum atomic E-state index is -4.49. The minimum Gasteiger partial charge on any atom is -0.356 e. The highest BCUT2D eigenvalue weighted by atomic mass is 35.5. The standard InChI is InChI=1S/C14H16ClF3N6/c1-19-13(20-5-8-2-3-8)21-6-11-22-23-12-10(15)4-9(7-24(11)12)14(16,17)18/h4,7-8H,2-3,5-6H2,1H3,(H2,19,20,21). The van der Waals surface area contributed by atoms with Crippen LogP contribution >= 0.6 is 11.6 Å². The van der Waals surface area contributed by atoms with Gasteiger partial charge in [-0.05, 0) is 24.8 Å². The van der Waals surface area contributed by atoms with Gasteiger partial charge >= 0.3 is 6.18 Å². The number of nitrogens with one attached hydrogen (secondary N) is 2. The molecule has 2 aromatic rings. The molecule has 0 saturated heterocycles. The summed E-state index contributed by atoms with van der Waals surface area (Å²) in [6.45, 7) is 0.994.